The van der Waals surface area contributed by atoms with Gasteiger partial charge < -0.3 is 15.0 Å². The third-order valence-electron chi connectivity index (χ3n) is 3.65. The molecule has 0 aromatic carbocycles. The zero-order chi connectivity index (χ0) is 14.7. The van der Waals surface area contributed by atoms with E-state index >= 15 is 0 Å². The van der Waals surface area contributed by atoms with Gasteiger partial charge in [-0.1, -0.05) is 6.07 Å². The Morgan fingerprint density at radius 2 is 2.00 bits per heavy atom. The van der Waals surface area contributed by atoms with Crippen molar-refractivity contribution in [2.45, 2.75) is 13.0 Å². The van der Waals surface area contributed by atoms with Gasteiger partial charge in [-0.15, -0.1) is 0 Å². The van der Waals surface area contributed by atoms with Gasteiger partial charge in [0.15, 0.2) is 5.82 Å². The number of likely N-dealkylation sites (N-methyl/N-ethyl adjacent to an activating group) is 1. The molecule has 0 saturated carbocycles. The number of nitrogens with zero attached hydrogens (tertiary/aromatic N) is 4. The molecule has 0 fully saturated rings. The number of imidazole rings is 1. The van der Waals surface area contributed by atoms with E-state index in [2.05, 4.69) is 21.3 Å². The summed E-state index contributed by atoms with van der Waals surface area (Å²) >= 11 is 0. The molecule has 3 rings (SSSR count). The van der Waals surface area contributed by atoms with Gasteiger partial charge in [0.2, 0.25) is 0 Å². The molecule has 0 unspecified atom stereocenters. The number of fused-ring (bicyclic) bond motifs is 1. The van der Waals surface area contributed by atoms with Crippen molar-refractivity contribution in [3.8, 4) is 0 Å². The fraction of sp³-hybridized carbons (Fsp3) is 0.250. The Kier molecular flexibility index (Phi) is 3.83. The van der Waals surface area contributed by atoms with E-state index in [-0.39, 0.29) is 0 Å². The number of pyridine rings is 2. The second kappa shape index (κ2) is 5.93. The smallest absolute Gasteiger partial charge is 0.152 e. The molecular weight excluding hydrogens is 262 g/mol. The normalized spacial score (nSPS) is 11.0. The number of hydrogen-bond acceptors (Lipinski definition) is 4. The third kappa shape index (κ3) is 2.73. The van der Waals surface area contributed by atoms with Crippen molar-refractivity contribution in [1.29, 1.82) is 0 Å². The standard InChI is InChI=1S/C16H19N5/c1-20(11-7-13-5-8-18-9-6-13)16-14(12-17)21-10-3-2-4-15(21)19-16/h2-6,8-10H,7,11-12,17H2,1H3. The van der Waals surface area contributed by atoms with Gasteiger partial charge in [0.05, 0.1) is 5.69 Å². The topological polar surface area (TPSA) is 59.5 Å². The SMILES string of the molecule is CN(CCc1ccncc1)c1nc2ccccn2c1CN. The van der Waals surface area contributed by atoms with E-state index in [1.807, 2.05) is 48.9 Å². The lowest BCUT2D eigenvalue weighted by atomic mass is 10.2. The van der Waals surface area contributed by atoms with E-state index in [0.29, 0.717) is 6.54 Å². The average Bonchev–Trinajstić information content (AvgIpc) is 2.92. The first-order valence-corrected chi connectivity index (χ1v) is 7.05. The molecule has 21 heavy (non-hydrogen) atoms. The maximum absolute atomic E-state index is 5.91. The lowest BCUT2D eigenvalue weighted by Gasteiger charge is -2.18. The van der Waals surface area contributed by atoms with Crippen molar-refractivity contribution in [1.82, 2.24) is 14.4 Å². The molecule has 0 amide bonds. The van der Waals surface area contributed by atoms with Crippen LogP contribution >= 0.6 is 0 Å². The summed E-state index contributed by atoms with van der Waals surface area (Å²) in [5, 5.41) is 0. The summed E-state index contributed by atoms with van der Waals surface area (Å²) in [6.45, 7) is 1.36. The zero-order valence-corrected chi connectivity index (χ0v) is 12.1. The van der Waals surface area contributed by atoms with Crippen molar-refractivity contribution < 1.29 is 0 Å². The lowest BCUT2D eigenvalue weighted by molar-refractivity contribution is 0.845. The van der Waals surface area contributed by atoms with Crippen LogP contribution in [-0.2, 0) is 13.0 Å². The van der Waals surface area contributed by atoms with Gasteiger partial charge >= 0.3 is 0 Å². The molecule has 3 heterocycles. The van der Waals surface area contributed by atoms with Gasteiger partial charge in [-0.2, -0.15) is 0 Å². The van der Waals surface area contributed by atoms with Crippen LogP contribution in [0.15, 0.2) is 48.9 Å². The maximum atomic E-state index is 5.91. The van der Waals surface area contributed by atoms with Crippen LogP contribution in [-0.4, -0.2) is 28.0 Å². The Hall–Kier alpha value is -2.40. The first kappa shape index (κ1) is 13.6. The van der Waals surface area contributed by atoms with Crippen LogP contribution in [0.1, 0.15) is 11.3 Å². The van der Waals surface area contributed by atoms with Gasteiger partial charge in [-0.25, -0.2) is 4.98 Å². The fourth-order valence-electron chi connectivity index (χ4n) is 2.48. The van der Waals surface area contributed by atoms with Gasteiger partial charge in [0.1, 0.15) is 5.65 Å². The van der Waals surface area contributed by atoms with Crippen LogP contribution in [0.2, 0.25) is 0 Å². The molecule has 2 N–H and O–H groups in total. The summed E-state index contributed by atoms with van der Waals surface area (Å²) in [4.78, 5) is 10.9. The van der Waals surface area contributed by atoms with Crippen molar-refractivity contribution in [3.05, 3.63) is 60.2 Å². The predicted molar refractivity (Wildman–Crippen MR) is 84.3 cm³/mol. The highest BCUT2D eigenvalue weighted by atomic mass is 15.2. The molecule has 0 aliphatic rings. The summed E-state index contributed by atoms with van der Waals surface area (Å²) in [5.74, 6) is 0.956. The van der Waals surface area contributed by atoms with Crippen LogP contribution in [0.3, 0.4) is 0 Å². The van der Waals surface area contributed by atoms with Crippen molar-refractivity contribution in [2.75, 3.05) is 18.5 Å². The minimum Gasteiger partial charge on any atom is -0.358 e. The van der Waals surface area contributed by atoms with E-state index in [0.717, 1.165) is 30.1 Å². The van der Waals surface area contributed by atoms with Crippen molar-refractivity contribution in [2.24, 2.45) is 5.73 Å². The molecule has 108 valence electrons. The molecule has 0 bridgehead atoms. The largest absolute Gasteiger partial charge is 0.358 e. The first-order valence-electron chi connectivity index (χ1n) is 7.05. The highest BCUT2D eigenvalue weighted by Gasteiger charge is 2.14. The van der Waals surface area contributed by atoms with E-state index < -0.39 is 0 Å². The monoisotopic (exact) mass is 281 g/mol. The molecule has 3 aromatic rings. The Morgan fingerprint density at radius 3 is 2.76 bits per heavy atom. The van der Waals surface area contributed by atoms with Gasteiger partial charge in [-0.05, 0) is 36.2 Å². The summed E-state index contributed by atoms with van der Waals surface area (Å²) in [5.41, 5.74) is 9.16. The van der Waals surface area contributed by atoms with Crippen molar-refractivity contribution >= 4 is 11.5 Å². The van der Waals surface area contributed by atoms with E-state index in [1.165, 1.54) is 5.56 Å². The number of aromatic nitrogens is 3. The highest BCUT2D eigenvalue weighted by Crippen LogP contribution is 2.20. The first-order chi connectivity index (χ1) is 10.3. The van der Waals surface area contributed by atoms with Gasteiger partial charge in [0, 0.05) is 38.7 Å². The highest BCUT2D eigenvalue weighted by molar-refractivity contribution is 5.55. The Bertz CT molecular complexity index is 720. The minimum atomic E-state index is 0.472. The molecule has 0 saturated heterocycles. The number of anilines is 1. The molecule has 0 aliphatic heterocycles. The molecule has 5 heteroatoms. The average molecular weight is 281 g/mol. The van der Waals surface area contributed by atoms with Crippen molar-refractivity contribution in [3.63, 3.8) is 0 Å². The van der Waals surface area contributed by atoms with E-state index in [4.69, 9.17) is 10.7 Å². The lowest BCUT2D eigenvalue weighted by Crippen LogP contribution is -2.22. The Balaban J connectivity index is 1.82. The predicted octanol–water partition coefficient (Wildman–Crippen LogP) is 1.87. The number of rotatable bonds is 5. The van der Waals surface area contributed by atoms with E-state index in [9.17, 15) is 0 Å². The van der Waals surface area contributed by atoms with Gasteiger partial charge in [-0.3, -0.25) is 4.98 Å². The summed E-state index contributed by atoms with van der Waals surface area (Å²) in [7, 11) is 2.06. The number of hydrogen-bond donors (Lipinski definition) is 1. The molecular formula is C16H19N5. The van der Waals surface area contributed by atoms with Crippen LogP contribution in [0.5, 0.6) is 0 Å². The van der Waals surface area contributed by atoms with Gasteiger partial charge in [0.25, 0.3) is 0 Å². The summed E-state index contributed by atoms with van der Waals surface area (Å²) < 4.78 is 2.05. The maximum Gasteiger partial charge on any atom is 0.152 e. The minimum absolute atomic E-state index is 0.472. The molecule has 0 radical (unpaired) electrons. The summed E-state index contributed by atoms with van der Waals surface area (Å²) in [6, 6.07) is 10.1. The Labute approximate surface area is 124 Å². The quantitative estimate of drug-likeness (QED) is 0.775. The molecule has 5 nitrogen and oxygen atoms in total. The van der Waals surface area contributed by atoms with Crippen LogP contribution in [0.4, 0.5) is 5.82 Å². The van der Waals surface area contributed by atoms with Crippen LogP contribution in [0.25, 0.3) is 5.65 Å². The molecule has 0 spiro atoms. The molecule has 0 aliphatic carbocycles. The number of nitrogens with two attached hydrogens (primary N) is 1. The third-order valence-corrected chi connectivity index (χ3v) is 3.65. The molecule has 3 aromatic heterocycles. The second-order valence-corrected chi connectivity index (χ2v) is 5.04. The Morgan fingerprint density at radius 1 is 1.19 bits per heavy atom. The fourth-order valence-corrected chi connectivity index (χ4v) is 2.48. The van der Waals surface area contributed by atoms with Crippen LogP contribution in [0, 0.1) is 0 Å². The zero-order valence-electron chi connectivity index (χ0n) is 12.1. The summed E-state index contributed by atoms with van der Waals surface area (Å²) in [6.07, 6.45) is 6.61. The van der Waals surface area contributed by atoms with Crippen LogP contribution < -0.4 is 10.6 Å². The molecule has 0 atom stereocenters. The van der Waals surface area contributed by atoms with E-state index in [1.54, 1.807) is 0 Å². The second-order valence-electron chi connectivity index (χ2n) is 5.04.